The highest BCUT2D eigenvalue weighted by Crippen LogP contribution is 2.40. The molecule has 1 atom stereocenters. The van der Waals surface area contributed by atoms with Gasteiger partial charge in [-0.1, -0.05) is 0 Å². The first-order valence-corrected chi connectivity index (χ1v) is 6.13. The Bertz CT molecular complexity index is 475. The first kappa shape index (κ1) is 14.1. The number of benzene rings is 1. The third-order valence-electron chi connectivity index (χ3n) is 3.66. The molecule has 0 aliphatic carbocycles. The quantitative estimate of drug-likeness (QED) is 0.824. The topological polar surface area (TPSA) is 49.5 Å². The third-order valence-corrected chi connectivity index (χ3v) is 3.66. The Labute approximate surface area is 109 Å². The number of aliphatic hydroxyl groups is 1. The maximum atomic E-state index is 12.8. The summed E-state index contributed by atoms with van der Waals surface area (Å²) in [6, 6.07) is 3.46. The molecule has 0 saturated heterocycles. The van der Waals surface area contributed by atoms with Crippen LogP contribution in [-0.2, 0) is 11.8 Å². The minimum absolute atomic E-state index is 0.0881. The van der Waals surface area contributed by atoms with E-state index >= 15 is 0 Å². The van der Waals surface area contributed by atoms with Crippen molar-refractivity contribution in [1.29, 1.82) is 0 Å². The molecule has 2 rings (SSSR count). The molecule has 0 spiro atoms. The highest BCUT2D eigenvalue weighted by atomic mass is 19.4. The number of nitrogens with zero attached hydrogens (tertiary/aromatic N) is 1. The van der Waals surface area contributed by atoms with Crippen molar-refractivity contribution in [1.82, 2.24) is 0 Å². The van der Waals surface area contributed by atoms with Crippen molar-refractivity contribution in [3.63, 3.8) is 0 Å². The Balaban J connectivity index is 2.60. The number of alkyl halides is 3. The van der Waals surface area contributed by atoms with Gasteiger partial charge in [-0.15, -0.1) is 0 Å². The molecular formula is C13H17F3N2O. The third kappa shape index (κ3) is 2.55. The Morgan fingerprint density at radius 3 is 2.68 bits per heavy atom. The lowest BCUT2D eigenvalue weighted by atomic mass is 9.88. The minimum Gasteiger partial charge on any atom is -0.384 e. The number of nitrogens with two attached hydrogens (primary N) is 1. The van der Waals surface area contributed by atoms with Crippen molar-refractivity contribution >= 4 is 5.69 Å². The van der Waals surface area contributed by atoms with E-state index in [1.165, 1.54) is 6.07 Å². The van der Waals surface area contributed by atoms with Crippen molar-refractivity contribution in [2.75, 3.05) is 25.0 Å². The predicted octanol–water partition coefficient (Wildman–Crippen LogP) is 2.08. The van der Waals surface area contributed by atoms with Crippen LogP contribution in [0.5, 0.6) is 0 Å². The molecule has 19 heavy (non-hydrogen) atoms. The van der Waals surface area contributed by atoms with Crippen LogP contribution in [-0.4, -0.2) is 25.2 Å². The zero-order valence-corrected chi connectivity index (χ0v) is 10.7. The molecule has 1 aromatic carbocycles. The minimum atomic E-state index is -4.42. The summed E-state index contributed by atoms with van der Waals surface area (Å²) in [6.07, 6.45) is -3.38. The van der Waals surface area contributed by atoms with E-state index < -0.39 is 17.3 Å². The molecule has 1 unspecified atom stereocenters. The number of fused-ring (bicyclic) bond motifs is 1. The lowest BCUT2D eigenvalue weighted by molar-refractivity contribution is -0.137. The molecule has 106 valence electrons. The highest BCUT2D eigenvalue weighted by Gasteiger charge is 2.37. The summed E-state index contributed by atoms with van der Waals surface area (Å²) < 4.78 is 38.4. The van der Waals surface area contributed by atoms with Gasteiger partial charge in [-0.25, -0.2) is 0 Å². The maximum absolute atomic E-state index is 12.8. The number of hydrogen-bond acceptors (Lipinski definition) is 3. The van der Waals surface area contributed by atoms with Gasteiger partial charge in [-0.05, 0) is 31.0 Å². The second-order valence-corrected chi connectivity index (χ2v) is 4.99. The molecule has 1 aliphatic rings. The summed E-state index contributed by atoms with van der Waals surface area (Å²) in [5.74, 6) is 0. The van der Waals surface area contributed by atoms with E-state index in [4.69, 9.17) is 5.73 Å². The van der Waals surface area contributed by atoms with E-state index in [2.05, 4.69) is 0 Å². The first-order chi connectivity index (χ1) is 8.78. The molecule has 3 N–H and O–H groups in total. The van der Waals surface area contributed by atoms with E-state index in [1.807, 2.05) is 4.90 Å². The zero-order chi connectivity index (χ0) is 14.3. The molecule has 0 fully saturated rings. The Morgan fingerprint density at radius 1 is 1.42 bits per heavy atom. The molecule has 0 saturated carbocycles. The van der Waals surface area contributed by atoms with Crippen LogP contribution in [0.3, 0.4) is 0 Å². The second kappa shape index (κ2) is 4.68. The van der Waals surface area contributed by atoms with Gasteiger partial charge in [-0.3, -0.25) is 0 Å². The fourth-order valence-corrected chi connectivity index (χ4v) is 2.49. The number of hydrogen-bond donors (Lipinski definition) is 2. The van der Waals surface area contributed by atoms with Gasteiger partial charge in [0.2, 0.25) is 0 Å². The Morgan fingerprint density at radius 2 is 2.11 bits per heavy atom. The maximum Gasteiger partial charge on any atom is 0.416 e. The molecule has 1 aromatic rings. The van der Waals surface area contributed by atoms with E-state index in [9.17, 15) is 18.3 Å². The fourth-order valence-electron chi connectivity index (χ4n) is 2.49. The molecule has 3 nitrogen and oxygen atoms in total. The summed E-state index contributed by atoms with van der Waals surface area (Å²) in [7, 11) is 1.80. The Kier molecular flexibility index (Phi) is 3.49. The monoisotopic (exact) mass is 274 g/mol. The zero-order valence-electron chi connectivity index (χ0n) is 10.7. The van der Waals surface area contributed by atoms with Gasteiger partial charge in [0.25, 0.3) is 0 Å². The van der Waals surface area contributed by atoms with Crippen molar-refractivity contribution in [3.8, 4) is 0 Å². The van der Waals surface area contributed by atoms with E-state index in [1.54, 1.807) is 7.05 Å². The van der Waals surface area contributed by atoms with Crippen LogP contribution in [0.25, 0.3) is 0 Å². The predicted molar refractivity (Wildman–Crippen MR) is 66.9 cm³/mol. The van der Waals surface area contributed by atoms with Crippen molar-refractivity contribution < 1.29 is 18.3 Å². The highest BCUT2D eigenvalue weighted by molar-refractivity contribution is 5.58. The normalized spacial score (nSPS) is 24.0. The summed E-state index contributed by atoms with van der Waals surface area (Å²) in [6.45, 7) is 0.593. The van der Waals surface area contributed by atoms with Crippen LogP contribution in [0.1, 0.15) is 24.0 Å². The summed E-state index contributed by atoms with van der Waals surface area (Å²) >= 11 is 0. The lowest BCUT2D eigenvalue weighted by Gasteiger charge is -2.29. The van der Waals surface area contributed by atoms with Crippen LogP contribution in [0.4, 0.5) is 18.9 Å². The van der Waals surface area contributed by atoms with Gasteiger partial charge in [-0.2, -0.15) is 13.2 Å². The molecule has 1 heterocycles. The van der Waals surface area contributed by atoms with Crippen LogP contribution in [0.15, 0.2) is 18.2 Å². The number of halogens is 3. The number of anilines is 1. The molecule has 0 radical (unpaired) electrons. The fraction of sp³-hybridized carbons (Fsp3) is 0.538. The van der Waals surface area contributed by atoms with Crippen LogP contribution >= 0.6 is 0 Å². The average molecular weight is 274 g/mol. The lowest BCUT2D eigenvalue weighted by Crippen LogP contribution is -2.35. The van der Waals surface area contributed by atoms with Gasteiger partial charge >= 0.3 is 6.18 Å². The van der Waals surface area contributed by atoms with Gasteiger partial charge in [0.05, 0.1) is 5.56 Å². The molecule has 0 aromatic heterocycles. The Hall–Kier alpha value is -1.27. The molecule has 6 heteroatoms. The summed E-state index contributed by atoms with van der Waals surface area (Å²) in [5.41, 5.74) is 4.31. The first-order valence-electron chi connectivity index (χ1n) is 6.13. The largest absolute Gasteiger partial charge is 0.416 e. The van der Waals surface area contributed by atoms with Gasteiger partial charge in [0, 0.05) is 31.4 Å². The molecular weight excluding hydrogens is 257 g/mol. The van der Waals surface area contributed by atoms with Crippen LogP contribution < -0.4 is 10.6 Å². The van der Waals surface area contributed by atoms with Gasteiger partial charge in [0.15, 0.2) is 0 Å². The molecule has 0 bridgehead atoms. The van der Waals surface area contributed by atoms with Crippen molar-refractivity contribution in [3.05, 3.63) is 29.3 Å². The van der Waals surface area contributed by atoms with E-state index in [-0.39, 0.29) is 12.1 Å². The van der Waals surface area contributed by atoms with Crippen LogP contribution in [0, 0.1) is 0 Å². The van der Waals surface area contributed by atoms with Crippen molar-refractivity contribution in [2.45, 2.75) is 24.6 Å². The molecule has 0 amide bonds. The second-order valence-electron chi connectivity index (χ2n) is 4.99. The SMILES string of the molecule is CN1CCCC(O)(CN)c2cc(C(F)(F)F)ccc21. The van der Waals surface area contributed by atoms with E-state index in [0.717, 1.165) is 12.1 Å². The van der Waals surface area contributed by atoms with E-state index in [0.29, 0.717) is 25.1 Å². The van der Waals surface area contributed by atoms with Gasteiger partial charge < -0.3 is 15.7 Å². The number of rotatable bonds is 1. The van der Waals surface area contributed by atoms with Gasteiger partial charge in [0.1, 0.15) is 5.60 Å². The average Bonchev–Trinajstić information content (AvgIpc) is 2.47. The standard InChI is InChI=1S/C13H17F3N2O/c1-18-6-2-5-12(19,8-17)10-7-9(13(14,15)16)3-4-11(10)18/h3-4,7,19H,2,5-6,8,17H2,1H3. The smallest absolute Gasteiger partial charge is 0.384 e. The van der Waals surface area contributed by atoms with Crippen LogP contribution in [0.2, 0.25) is 0 Å². The summed E-state index contributed by atoms with van der Waals surface area (Å²) in [5, 5.41) is 10.5. The van der Waals surface area contributed by atoms with Crippen molar-refractivity contribution in [2.24, 2.45) is 5.73 Å². The molecule has 1 aliphatic heterocycles. The summed E-state index contributed by atoms with van der Waals surface area (Å²) in [4.78, 5) is 1.85.